The number of pyridine rings is 1. The summed E-state index contributed by atoms with van der Waals surface area (Å²) in [6, 6.07) is 6.41. The van der Waals surface area contributed by atoms with Gasteiger partial charge in [0.1, 0.15) is 28.7 Å². The van der Waals surface area contributed by atoms with E-state index in [0.717, 1.165) is 5.39 Å². The number of fused-ring (bicyclic) bond motifs is 2. The molecule has 0 saturated heterocycles. The summed E-state index contributed by atoms with van der Waals surface area (Å²) in [6.45, 7) is 4.46. The lowest BCUT2D eigenvalue weighted by molar-refractivity contribution is 0.198. The minimum Gasteiger partial charge on any atom is -0.490 e. The third-order valence-corrected chi connectivity index (χ3v) is 7.43. The van der Waals surface area contributed by atoms with E-state index < -0.39 is 20.4 Å². The Morgan fingerprint density at radius 1 is 1.27 bits per heavy atom. The molecule has 0 aliphatic carbocycles. The predicted molar refractivity (Wildman–Crippen MR) is 112 cm³/mol. The van der Waals surface area contributed by atoms with Crippen LogP contribution in [0.2, 0.25) is 0 Å². The summed E-state index contributed by atoms with van der Waals surface area (Å²) in [5, 5.41) is 9.93. The lowest BCUT2D eigenvalue weighted by Gasteiger charge is -2.21. The molecule has 3 heterocycles. The second kappa shape index (κ2) is 7.10. The van der Waals surface area contributed by atoms with Crippen LogP contribution in [0, 0.1) is 5.82 Å². The summed E-state index contributed by atoms with van der Waals surface area (Å²) in [7, 11) is -3.80. The van der Waals surface area contributed by atoms with Crippen LogP contribution in [0.25, 0.3) is 27.8 Å². The Kier molecular flexibility index (Phi) is 4.82. The standard InChI is InChI=1S/C21H22FN3O4S/c1-21(2,3)30(27,28)19-12-25-17(11-24-20(25)10-18(19)29-7-6-26)14-8-13-4-5-23-16(13)9-15(14)22/h4-5,8-12,23,26H,6-7H2,1-3H3. The molecule has 3 aromatic heterocycles. The molecule has 0 unspecified atom stereocenters. The van der Waals surface area contributed by atoms with Gasteiger partial charge in [-0.25, -0.2) is 17.8 Å². The lowest BCUT2D eigenvalue weighted by Crippen LogP contribution is -2.28. The fourth-order valence-electron chi connectivity index (χ4n) is 3.26. The molecule has 0 bridgehead atoms. The van der Waals surface area contributed by atoms with Gasteiger partial charge >= 0.3 is 0 Å². The van der Waals surface area contributed by atoms with Gasteiger partial charge in [0.25, 0.3) is 0 Å². The van der Waals surface area contributed by atoms with E-state index in [1.165, 1.54) is 24.5 Å². The van der Waals surface area contributed by atoms with Gasteiger partial charge in [-0.1, -0.05) is 0 Å². The molecule has 0 fully saturated rings. The number of rotatable bonds is 5. The largest absolute Gasteiger partial charge is 0.490 e. The first-order valence-electron chi connectivity index (χ1n) is 9.40. The molecule has 0 radical (unpaired) electrons. The average Bonchev–Trinajstić information content (AvgIpc) is 3.29. The van der Waals surface area contributed by atoms with Crippen LogP contribution in [0.3, 0.4) is 0 Å². The Labute approximate surface area is 173 Å². The molecule has 0 atom stereocenters. The fourth-order valence-corrected chi connectivity index (χ4v) is 4.54. The number of H-pyrrole nitrogens is 1. The zero-order chi connectivity index (χ0) is 21.7. The smallest absolute Gasteiger partial charge is 0.188 e. The van der Waals surface area contributed by atoms with Crippen molar-refractivity contribution in [1.29, 1.82) is 0 Å². The third kappa shape index (κ3) is 3.23. The molecule has 0 saturated carbocycles. The van der Waals surface area contributed by atoms with Crippen LogP contribution < -0.4 is 4.74 Å². The number of hydrogen-bond acceptors (Lipinski definition) is 5. The zero-order valence-electron chi connectivity index (χ0n) is 16.8. The fraction of sp³-hybridized carbons (Fsp3) is 0.286. The normalized spacial score (nSPS) is 12.7. The number of sulfone groups is 1. The van der Waals surface area contributed by atoms with Crippen molar-refractivity contribution >= 4 is 26.4 Å². The van der Waals surface area contributed by atoms with Crippen LogP contribution in [-0.2, 0) is 9.84 Å². The maximum Gasteiger partial charge on any atom is 0.188 e. The Bertz CT molecular complexity index is 1350. The number of benzene rings is 1. The summed E-state index contributed by atoms with van der Waals surface area (Å²) in [5.74, 6) is -0.349. The number of aliphatic hydroxyl groups excluding tert-OH is 1. The van der Waals surface area contributed by atoms with E-state index in [1.54, 1.807) is 37.4 Å². The number of aromatic amines is 1. The highest BCUT2D eigenvalue weighted by atomic mass is 32.2. The number of aliphatic hydroxyl groups is 1. The molecule has 1 aromatic carbocycles. The van der Waals surface area contributed by atoms with Gasteiger partial charge in [-0.15, -0.1) is 0 Å². The van der Waals surface area contributed by atoms with Gasteiger partial charge in [0.05, 0.1) is 23.2 Å². The summed E-state index contributed by atoms with van der Waals surface area (Å²) in [5.41, 5.74) is 1.79. The number of hydrogen-bond donors (Lipinski definition) is 2. The van der Waals surface area contributed by atoms with Crippen molar-refractivity contribution in [3.8, 4) is 17.0 Å². The summed E-state index contributed by atoms with van der Waals surface area (Å²) in [6.07, 6.45) is 4.63. The molecule has 0 aliphatic heterocycles. The Balaban J connectivity index is 1.98. The third-order valence-electron chi connectivity index (χ3n) is 4.94. The maximum atomic E-state index is 14.8. The minimum atomic E-state index is -3.80. The van der Waals surface area contributed by atoms with Crippen molar-refractivity contribution in [2.75, 3.05) is 13.2 Å². The van der Waals surface area contributed by atoms with E-state index in [4.69, 9.17) is 9.84 Å². The minimum absolute atomic E-state index is 0.0432. The number of ether oxygens (including phenoxy) is 1. The first-order chi connectivity index (χ1) is 14.1. The molecule has 158 valence electrons. The molecule has 9 heteroatoms. The SMILES string of the molecule is CC(C)(C)S(=O)(=O)c1cn2c(-c3cc4cc[nH]c4cc3F)cnc2cc1OCCO. The number of halogens is 1. The van der Waals surface area contributed by atoms with E-state index in [0.29, 0.717) is 22.4 Å². The van der Waals surface area contributed by atoms with Crippen LogP contribution in [0.5, 0.6) is 5.75 Å². The molecule has 4 rings (SSSR count). The van der Waals surface area contributed by atoms with Crippen molar-refractivity contribution in [3.05, 3.63) is 48.7 Å². The van der Waals surface area contributed by atoms with Gasteiger partial charge in [-0.05, 0) is 39.0 Å². The molecular formula is C21H22FN3O4S. The van der Waals surface area contributed by atoms with Crippen LogP contribution in [-0.4, -0.2) is 45.9 Å². The van der Waals surface area contributed by atoms with E-state index in [1.807, 2.05) is 6.07 Å². The zero-order valence-corrected chi connectivity index (χ0v) is 17.6. The lowest BCUT2D eigenvalue weighted by atomic mass is 10.1. The van der Waals surface area contributed by atoms with E-state index in [9.17, 15) is 12.8 Å². The number of aromatic nitrogens is 3. The molecule has 30 heavy (non-hydrogen) atoms. The monoisotopic (exact) mass is 431 g/mol. The van der Waals surface area contributed by atoms with Gasteiger partial charge in [-0.2, -0.15) is 0 Å². The van der Waals surface area contributed by atoms with Crippen LogP contribution in [0.1, 0.15) is 20.8 Å². The highest BCUT2D eigenvalue weighted by molar-refractivity contribution is 7.92. The Morgan fingerprint density at radius 2 is 2.03 bits per heavy atom. The summed E-state index contributed by atoms with van der Waals surface area (Å²) < 4.78 is 47.2. The van der Waals surface area contributed by atoms with Crippen molar-refractivity contribution < 1.29 is 22.7 Å². The molecule has 0 amide bonds. The Morgan fingerprint density at radius 3 is 2.73 bits per heavy atom. The quantitative estimate of drug-likeness (QED) is 0.504. The molecular weight excluding hydrogens is 409 g/mol. The summed E-state index contributed by atoms with van der Waals surface area (Å²) in [4.78, 5) is 7.23. The molecule has 0 spiro atoms. The average molecular weight is 431 g/mol. The predicted octanol–water partition coefficient (Wildman–Crippen LogP) is 3.57. The number of nitrogens with one attached hydrogen (secondary N) is 1. The van der Waals surface area contributed by atoms with Crippen molar-refractivity contribution in [2.45, 2.75) is 30.4 Å². The van der Waals surface area contributed by atoms with Gasteiger partial charge in [-0.3, -0.25) is 4.40 Å². The van der Waals surface area contributed by atoms with Gasteiger partial charge in [0.2, 0.25) is 0 Å². The highest BCUT2D eigenvalue weighted by Crippen LogP contribution is 2.35. The second-order valence-corrected chi connectivity index (χ2v) is 10.6. The molecule has 2 N–H and O–H groups in total. The first kappa shape index (κ1) is 20.4. The second-order valence-electron chi connectivity index (χ2n) is 7.96. The van der Waals surface area contributed by atoms with Crippen molar-refractivity contribution in [3.63, 3.8) is 0 Å². The maximum absolute atomic E-state index is 14.8. The highest BCUT2D eigenvalue weighted by Gasteiger charge is 2.34. The number of imidazole rings is 1. The molecule has 7 nitrogen and oxygen atoms in total. The van der Waals surface area contributed by atoms with Crippen LogP contribution in [0.15, 0.2) is 47.8 Å². The van der Waals surface area contributed by atoms with Crippen molar-refractivity contribution in [2.24, 2.45) is 0 Å². The van der Waals surface area contributed by atoms with Crippen LogP contribution >= 0.6 is 0 Å². The topological polar surface area (TPSA) is 96.7 Å². The van der Waals surface area contributed by atoms with Crippen molar-refractivity contribution in [1.82, 2.24) is 14.4 Å². The van der Waals surface area contributed by atoms with Gasteiger partial charge < -0.3 is 14.8 Å². The van der Waals surface area contributed by atoms with E-state index >= 15 is 0 Å². The Hall–Kier alpha value is -2.91. The van der Waals surface area contributed by atoms with Gasteiger partial charge in [0.15, 0.2) is 9.84 Å². The summed E-state index contributed by atoms with van der Waals surface area (Å²) >= 11 is 0. The molecule has 4 aromatic rings. The number of nitrogens with zero attached hydrogens (tertiary/aromatic N) is 2. The molecule has 0 aliphatic rings. The van der Waals surface area contributed by atoms with E-state index in [2.05, 4.69) is 9.97 Å². The van der Waals surface area contributed by atoms with Gasteiger partial charge in [0, 0.05) is 34.9 Å². The van der Waals surface area contributed by atoms with E-state index in [-0.39, 0.29) is 23.9 Å². The van der Waals surface area contributed by atoms with Crippen LogP contribution in [0.4, 0.5) is 4.39 Å². The first-order valence-corrected chi connectivity index (χ1v) is 10.9.